The Morgan fingerprint density at radius 2 is 1.86 bits per heavy atom. The molecule has 1 amide bonds. The van der Waals surface area contributed by atoms with Gasteiger partial charge < -0.3 is 14.5 Å². The van der Waals surface area contributed by atoms with Gasteiger partial charge in [-0.1, -0.05) is 23.4 Å². The maximum atomic E-state index is 12.3. The van der Waals surface area contributed by atoms with Crippen molar-refractivity contribution in [1.82, 2.24) is 0 Å². The van der Waals surface area contributed by atoms with Gasteiger partial charge in [0.1, 0.15) is 23.2 Å². The fourth-order valence-electron chi connectivity index (χ4n) is 2.25. The number of nitrogens with one attached hydrogen (secondary N) is 1. The molecule has 0 radical (unpaired) electrons. The molecule has 2 aromatic carbocycles. The van der Waals surface area contributed by atoms with Crippen molar-refractivity contribution < 1.29 is 13.9 Å². The third kappa shape index (κ3) is 5.19. The van der Waals surface area contributed by atoms with Crippen LogP contribution >= 0.6 is 23.4 Å². The largest absolute Gasteiger partial charge is 0.497 e. The van der Waals surface area contributed by atoms with E-state index in [9.17, 15) is 10.1 Å². The summed E-state index contributed by atoms with van der Waals surface area (Å²) in [4.78, 5) is 13.3. The van der Waals surface area contributed by atoms with Gasteiger partial charge in [-0.3, -0.25) is 4.79 Å². The number of furan rings is 1. The number of halogens is 1. The van der Waals surface area contributed by atoms with E-state index in [0.29, 0.717) is 27.3 Å². The molecule has 1 heterocycles. The summed E-state index contributed by atoms with van der Waals surface area (Å²) < 4.78 is 10.8. The zero-order valence-electron chi connectivity index (χ0n) is 14.8. The zero-order valence-corrected chi connectivity index (χ0v) is 16.4. The van der Waals surface area contributed by atoms with E-state index < -0.39 is 5.91 Å². The lowest BCUT2D eigenvalue weighted by Crippen LogP contribution is -2.13. The SMILES string of the molecule is COc1ccc(NC(=O)/C(C#N)=C/c2ccc(Sc3ccc(Cl)cc3)o2)cc1. The molecule has 0 aliphatic carbocycles. The lowest BCUT2D eigenvalue weighted by Gasteiger charge is -2.05. The minimum atomic E-state index is -0.518. The van der Waals surface area contributed by atoms with Crippen LogP contribution in [-0.2, 0) is 4.79 Å². The molecule has 0 fully saturated rings. The summed E-state index contributed by atoms with van der Waals surface area (Å²) >= 11 is 7.30. The van der Waals surface area contributed by atoms with Gasteiger partial charge in [-0.25, -0.2) is 0 Å². The van der Waals surface area contributed by atoms with Gasteiger partial charge in [0.25, 0.3) is 5.91 Å². The Balaban J connectivity index is 1.69. The zero-order chi connectivity index (χ0) is 19.9. The predicted molar refractivity (Wildman–Crippen MR) is 109 cm³/mol. The van der Waals surface area contributed by atoms with Gasteiger partial charge in [0.15, 0.2) is 5.09 Å². The van der Waals surface area contributed by atoms with Gasteiger partial charge >= 0.3 is 0 Å². The summed E-state index contributed by atoms with van der Waals surface area (Å²) in [7, 11) is 1.56. The van der Waals surface area contributed by atoms with Gasteiger partial charge in [0, 0.05) is 21.7 Å². The minimum Gasteiger partial charge on any atom is -0.497 e. The molecular formula is C21H15ClN2O3S. The molecule has 28 heavy (non-hydrogen) atoms. The second kappa shape index (κ2) is 9.18. The van der Waals surface area contributed by atoms with E-state index in [1.54, 1.807) is 55.6 Å². The number of hydrogen-bond donors (Lipinski definition) is 1. The van der Waals surface area contributed by atoms with Crippen LogP contribution < -0.4 is 10.1 Å². The fraction of sp³-hybridized carbons (Fsp3) is 0.0476. The lowest BCUT2D eigenvalue weighted by molar-refractivity contribution is -0.112. The first kappa shape index (κ1) is 19.6. The number of carbonyl (C=O) groups excluding carboxylic acids is 1. The first-order chi connectivity index (χ1) is 13.6. The van der Waals surface area contributed by atoms with Crippen molar-refractivity contribution in [3.8, 4) is 11.8 Å². The first-order valence-electron chi connectivity index (χ1n) is 8.18. The van der Waals surface area contributed by atoms with Crippen molar-refractivity contribution in [2.24, 2.45) is 0 Å². The van der Waals surface area contributed by atoms with Crippen molar-refractivity contribution in [1.29, 1.82) is 5.26 Å². The van der Waals surface area contributed by atoms with Crippen molar-refractivity contribution in [2.45, 2.75) is 9.99 Å². The van der Waals surface area contributed by atoms with E-state index >= 15 is 0 Å². The van der Waals surface area contributed by atoms with Gasteiger partial charge in [-0.2, -0.15) is 5.26 Å². The monoisotopic (exact) mass is 410 g/mol. The quantitative estimate of drug-likeness (QED) is 0.420. The van der Waals surface area contributed by atoms with E-state index in [0.717, 1.165) is 4.90 Å². The number of carbonyl (C=O) groups is 1. The van der Waals surface area contributed by atoms with Gasteiger partial charge in [-0.15, -0.1) is 0 Å². The average Bonchev–Trinajstić information content (AvgIpc) is 3.15. The number of anilines is 1. The summed E-state index contributed by atoms with van der Waals surface area (Å²) in [6, 6.07) is 19.6. The summed E-state index contributed by atoms with van der Waals surface area (Å²) in [5.41, 5.74) is 0.499. The number of nitrogens with zero attached hydrogens (tertiary/aromatic N) is 1. The van der Waals surface area contributed by atoms with Crippen LogP contribution in [0.2, 0.25) is 5.02 Å². The molecule has 140 valence electrons. The molecule has 0 saturated heterocycles. The van der Waals surface area contributed by atoms with Crippen LogP contribution in [0.1, 0.15) is 5.76 Å². The van der Waals surface area contributed by atoms with Crippen LogP contribution in [0.5, 0.6) is 5.75 Å². The fourth-order valence-corrected chi connectivity index (χ4v) is 3.15. The Hall–Kier alpha value is -3.14. The molecule has 0 aliphatic rings. The Morgan fingerprint density at radius 1 is 1.14 bits per heavy atom. The number of ether oxygens (including phenoxy) is 1. The molecule has 0 atom stereocenters. The van der Waals surface area contributed by atoms with Crippen LogP contribution in [0.15, 0.2) is 80.6 Å². The van der Waals surface area contributed by atoms with Gasteiger partial charge in [0.2, 0.25) is 0 Å². The van der Waals surface area contributed by atoms with Crippen LogP contribution in [0.4, 0.5) is 5.69 Å². The van der Waals surface area contributed by atoms with Crippen molar-refractivity contribution in [2.75, 3.05) is 12.4 Å². The Labute approximate surface area is 171 Å². The van der Waals surface area contributed by atoms with Gasteiger partial charge in [0.05, 0.1) is 7.11 Å². The first-order valence-corrected chi connectivity index (χ1v) is 9.37. The Morgan fingerprint density at radius 3 is 2.50 bits per heavy atom. The number of hydrogen-bond acceptors (Lipinski definition) is 5. The van der Waals surface area contributed by atoms with E-state index in [-0.39, 0.29) is 5.57 Å². The smallest absolute Gasteiger partial charge is 0.266 e. The molecule has 0 spiro atoms. The predicted octanol–water partition coefficient (Wildman–Crippen LogP) is 5.64. The molecule has 0 saturated carbocycles. The van der Waals surface area contributed by atoms with Crippen molar-refractivity contribution >= 4 is 41.0 Å². The second-order valence-corrected chi connectivity index (χ2v) is 7.08. The molecule has 7 heteroatoms. The lowest BCUT2D eigenvalue weighted by atomic mass is 10.2. The standard InChI is InChI=1S/C21H15ClN2O3S/c1-26-17-6-4-16(5-7-17)24-21(25)14(13-23)12-18-8-11-20(27-18)28-19-9-2-15(22)3-10-19/h2-12H,1H3,(H,24,25)/b14-12+. The summed E-state index contributed by atoms with van der Waals surface area (Å²) in [5, 5.41) is 13.3. The van der Waals surface area contributed by atoms with Crippen molar-refractivity contribution in [3.63, 3.8) is 0 Å². The highest BCUT2D eigenvalue weighted by molar-refractivity contribution is 7.99. The normalized spacial score (nSPS) is 11.0. The molecule has 1 aromatic heterocycles. The summed E-state index contributed by atoms with van der Waals surface area (Å²) in [6.07, 6.45) is 1.41. The molecule has 3 rings (SSSR count). The number of nitriles is 1. The highest BCUT2D eigenvalue weighted by atomic mass is 35.5. The molecule has 0 unspecified atom stereocenters. The van der Waals surface area contributed by atoms with Crippen LogP contribution in [-0.4, -0.2) is 13.0 Å². The average molecular weight is 411 g/mol. The Bertz CT molecular complexity index is 1030. The molecular weight excluding hydrogens is 396 g/mol. The Kier molecular flexibility index (Phi) is 6.43. The van der Waals surface area contributed by atoms with Crippen LogP contribution in [0.25, 0.3) is 6.08 Å². The third-order valence-corrected chi connectivity index (χ3v) is 4.81. The molecule has 0 aliphatic heterocycles. The number of methoxy groups -OCH3 is 1. The molecule has 1 N–H and O–H groups in total. The summed E-state index contributed by atoms with van der Waals surface area (Å²) in [5.74, 6) is 0.573. The van der Waals surface area contributed by atoms with E-state index in [4.69, 9.17) is 20.8 Å². The van der Waals surface area contributed by atoms with Crippen LogP contribution in [0.3, 0.4) is 0 Å². The van der Waals surface area contributed by atoms with Crippen molar-refractivity contribution in [3.05, 3.63) is 77.0 Å². The second-order valence-electron chi connectivity index (χ2n) is 5.57. The van der Waals surface area contributed by atoms with E-state index in [2.05, 4.69) is 5.32 Å². The summed E-state index contributed by atoms with van der Waals surface area (Å²) in [6.45, 7) is 0. The molecule has 5 nitrogen and oxygen atoms in total. The van der Waals surface area contributed by atoms with E-state index in [1.165, 1.54) is 17.8 Å². The van der Waals surface area contributed by atoms with E-state index in [1.807, 2.05) is 18.2 Å². The highest BCUT2D eigenvalue weighted by Gasteiger charge is 2.11. The topological polar surface area (TPSA) is 75.3 Å². The number of rotatable bonds is 6. The molecule has 0 bridgehead atoms. The molecule has 3 aromatic rings. The number of benzene rings is 2. The maximum Gasteiger partial charge on any atom is 0.266 e. The maximum absolute atomic E-state index is 12.3. The number of amides is 1. The van der Waals surface area contributed by atoms with Gasteiger partial charge in [-0.05, 0) is 60.7 Å². The highest BCUT2D eigenvalue weighted by Crippen LogP contribution is 2.30. The minimum absolute atomic E-state index is 0.0618. The third-order valence-electron chi connectivity index (χ3n) is 3.63. The van der Waals surface area contributed by atoms with Crippen LogP contribution in [0, 0.1) is 11.3 Å².